The zero-order valence-corrected chi connectivity index (χ0v) is 11.4. The first-order valence-electron chi connectivity index (χ1n) is 6.50. The Morgan fingerprint density at radius 3 is 2.35 bits per heavy atom. The topological polar surface area (TPSA) is 121 Å². The second kappa shape index (κ2) is 7.62. The number of carbonyl (C=O) groups excluding carboxylic acids is 2. The summed E-state index contributed by atoms with van der Waals surface area (Å²) >= 11 is 0. The molecule has 0 aliphatic carbocycles. The number of hydrogen-bond donors (Lipinski definition) is 3. The maximum absolute atomic E-state index is 12.0. The highest BCUT2D eigenvalue weighted by molar-refractivity contribution is 6.06. The van der Waals surface area contributed by atoms with Crippen LogP contribution in [0.3, 0.4) is 0 Å². The maximum atomic E-state index is 12.0. The highest BCUT2D eigenvalue weighted by atomic mass is 16.5. The van der Waals surface area contributed by atoms with Crippen LogP contribution < -0.4 is 17.2 Å². The van der Waals surface area contributed by atoms with Gasteiger partial charge in [0.15, 0.2) is 5.54 Å². The summed E-state index contributed by atoms with van der Waals surface area (Å²) in [5, 5.41) is 0. The van der Waals surface area contributed by atoms with Crippen LogP contribution in [0.15, 0.2) is 30.3 Å². The first-order valence-corrected chi connectivity index (χ1v) is 6.50. The van der Waals surface area contributed by atoms with E-state index in [1.165, 1.54) is 0 Å². The normalized spacial score (nSPS) is 13.5. The highest BCUT2D eigenvalue weighted by Crippen LogP contribution is 2.14. The smallest absolute Gasteiger partial charge is 0.336 e. The fraction of sp³-hybridized carbons (Fsp3) is 0.429. The van der Waals surface area contributed by atoms with Gasteiger partial charge in [-0.15, -0.1) is 0 Å². The highest BCUT2D eigenvalue weighted by Gasteiger charge is 2.41. The van der Waals surface area contributed by atoms with Crippen molar-refractivity contribution in [3.63, 3.8) is 0 Å². The second-order valence-electron chi connectivity index (χ2n) is 4.64. The number of amides is 1. The van der Waals surface area contributed by atoms with Crippen molar-refractivity contribution in [1.29, 1.82) is 0 Å². The van der Waals surface area contributed by atoms with Crippen molar-refractivity contribution < 1.29 is 14.3 Å². The molecule has 1 atom stereocenters. The molecule has 6 nitrogen and oxygen atoms in total. The van der Waals surface area contributed by atoms with Crippen LogP contribution in [0.25, 0.3) is 0 Å². The Hall–Kier alpha value is -1.92. The standard InChI is InChI=1S/C14H21N3O3/c15-9-5-4-8-14(17,12(16)18)13(19)20-10-11-6-2-1-3-7-11/h1-3,6-7H,4-5,8-10,15,17H2,(H2,16,18)/t14-/m0/s1. The maximum Gasteiger partial charge on any atom is 0.336 e. The summed E-state index contributed by atoms with van der Waals surface area (Å²) in [4.78, 5) is 23.4. The summed E-state index contributed by atoms with van der Waals surface area (Å²) in [7, 11) is 0. The quantitative estimate of drug-likeness (QED) is 0.352. The number of benzene rings is 1. The minimum absolute atomic E-state index is 0.0583. The number of unbranched alkanes of at least 4 members (excludes halogenated alkanes) is 1. The van der Waals surface area contributed by atoms with Gasteiger partial charge in [-0.25, -0.2) is 4.79 Å². The molecule has 1 amide bonds. The van der Waals surface area contributed by atoms with Gasteiger partial charge in [0.25, 0.3) is 0 Å². The molecule has 0 aliphatic rings. The Bertz CT molecular complexity index is 450. The van der Waals surface area contributed by atoms with Crippen LogP contribution >= 0.6 is 0 Å². The number of ether oxygens (including phenoxy) is 1. The zero-order valence-electron chi connectivity index (χ0n) is 11.4. The summed E-state index contributed by atoms with van der Waals surface area (Å²) in [6.45, 7) is 0.525. The van der Waals surface area contributed by atoms with Crippen molar-refractivity contribution in [1.82, 2.24) is 0 Å². The SMILES string of the molecule is NCCCC[C@](N)(C(N)=O)C(=O)OCc1ccccc1. The van der Waals surface area contributed by atoms with E-state index in [0.29, 0.717) is 19.4 Å². The molecule has 0 saturated heterocycles. The molecule has 0 fully saturated rings. The van der Waals surface area contributed by atoms with Gasteiger partial charge in [0.2, 0.25) is 5.91 Å². The van der Waals surface area contributed by atoms with Gasteiger partial charge in [0.05, 0.1) is 0 Å². The largest absolute Gasteiger partial charge is 0.459 e. The van der Waals surface area contributed by atoms with E-state index in [-0.39, 0.29) is 13.0 Å². The fourth-order valence-corrected chi connectivity index (χ4v) is 1.73. The molecule has 1 aromatic rings. The summed E-state index contributed by atoms with van der Waals surface area (Å²) in [6.07, 6.45) is 1.34. The lowest BCUT2D eigenvalue weighted by Gasteiger charge is -2.23. The molecule has 1 rings (SSSR count). The van der Waals surface area contributed by atoms with Crippen LogP contribution in [0.1, 0.15) is 24.8 Å². The summed E-state index contributed by atoms with van der Waals surface area (Å²) in [5.74, 6) is -1.68. The molecule has 0 aliphatic heterocycles. The molecular weight excluding hydrogens is 258 g/mol. The monoisotopic (exact) mass is 279 g/mol. The average molecular weight is 279 g/mol. The van der Waals surface area contributed by atoms with Gasteiger partial charge >= 0.3 is 5.97 Å². The van der Waals surface area contributed by atoms with Gasteiger partial charge in [-0.2, -0.15) is 0 Å². The molecule has 110 valence electrons. The molecule has 6 N–H and O–H groups in total. The fourth-order valence-electron chi connectivity index (χ4n) is 1.73. The van der Waals surface area contributed by atoms with Gasteiger partial charge in [-0.1, -0.05) is 30.3 Å². The number of hydrogen-bond acceptors (Lipinski definition) is 5. The van der Waals surface area contributed by atoms with Crippen molar-refractivity contribution in [3.8, 4) is 0 Å². The molecule has 0 spiro atoms. The van der Waals surface area contributed by atoms with Crippen molar-refractivity contribution in [3.05, 3.63) is 35.9 Å². The van der Waals surface area contributed by atoms with Gasteiger partial charge < -0.3 is 21.9 Å². The molecule has 0 heterocycles. The minimum atomic E-state index is -1.79. The van der Waals surface area contributed by atoms with Gasteiger partial charge in [-0.3, -0.25) is 4.79 Å². The van der Waals surface area contributed by atoms with Gasteiger partial charge in [0, 0.05) is 0 Å². The lowest BCUT2D eigenvalue weighted by molar-refractivity contribution is -0.155. The number of carbonyl (C=O) groups is 2. The molecule has 0 unspecified atom stereocenters. The molecular formula is C14H21N3O3. The average Bonchev–Trinajstić information content (AvgIpc) is 2.45. The Balaban J connectivity index is 2.62. The van der Waals surface area contributed by atoms with Crippen LogP contribution in [0.5, 0.6) is 0 Å². The Morgan fingerprint density at radius 2 is 1.80 bits per heavy atom. The van der Waals surface area contributed by atoms with E-state index in [1.54, 1.807) is 0 Å². The molecule has 20 heavy (non-hydrogen) atoms. The van der Waals surface area contributed by atoms with E-state index < -0.39 is 17.4 Å². The molecule has 0 radical (unpaired) electrons. The van der Waals surface area contributed by atoms with Crippen LogP contribution in [0, 0.1) is 0 Å². The third-order valence-corrected chi connectivity index (χ3v) is 3.04. The number of esters is 1. The zero-order chi connectivity index (χ0) is 15.0. The van der Waals surface area contributed by atoms with Crippen LogP contribution in [-0.4, -0.2) is 24.0 Å². The van der Waals surface area contributed by atoms with Crippen molar-refractivity contribution >= 4 is 11.9 Å². The van der Waals surface area contributed by atoms with Gasteiger partial charge in [-0.05, 0) is 31.4 Å². The van der Waals surface area contributed by atoms with Gasteiger partial charge in [0.1, 0.15) is 6.61 Å². The molecule has 0 aromatic heterocycles. The van der Waals surface area contributed by atoms with E-state index in [0.717, 1.165) is 5.56 Å². The van der Waals surface area contributed by atoms with Crippen LogP contribution in [-0.2, 0) is 20.9 Å². The molecule has 6 heteroatoms. The first-order chi connectivity index (χ1) is 9.50. The molecule has 0 saturated carbocycles. The summed E-state index contributed by atoms with van der Waals surface area (Å²) in [5.41, 5.74) is 15.4. The summed E-state index contributed by atoms with van der Waals surface area (Å²) < 4.78 is 5.09. The number of rotatable bonds is 8. The van der Waals surface area contributed by atoms with E-state index in [9.17, 15) is 9.59 Å². The molecule has 0 bridgehead atoms. The predicted molar refractivity (Wildman–Crippen MR) is 75.3 cm³/mol. The van der Waals surface area contributed by atoms with E-state index in [1.807, 2.05) is 30.3 Å². The van der Waals surface area contributed by atoms with Crippen molar-refractivity contribution in [2.75, 3.05) is 6.54 Å². The van der Waals surface area contributed by atoms with Crippen LogP contribution in [0.4, 0.5) is 0 Å². The predicted octanol–water partition coefficient (Wildman–Crippen LogP) is 0.0416. The third-order valence-electron chi connectivity index (χ3n) is 3.04. The Kier molecular flexibility index (Phi) is 6.14. The van der Waals surface area contributed by atoms with E-state index in [2.05, 4.69) is 0 Å². The second-order valence-corrected chi connectivity index (χ2v) is 4.64. The van der Waals surface area contributed by atoms with E-state index in [4.69, 9.17) is 21.9 Å². The van der Waals surface area contributed by atoms with Crippen molar-refractivity contribution in [2.24, 2.45) is 17.2 Å². The Morgan fingerprint density at radius 1 is 1.15 bits per heavy atom. The lowest BCUT2D eigenvalue weighted by atomic mass is 9.93. The number of nitrogens with two attached hydrogens (primary N) is 3. The van der Waals surface area contributed by atoms with Crippen LogP contribution in [0.2, 0.25) is 0 Å². The summed E-state index contributed by atoms with van der Waals surface area (Å²) in [6, 6.07) is 9.13. The third kappa shape index (κ3) is 4.32. The lowest BCUT2D eigenvalue weighted by Crippen LogP contribution is -2.58. The number of primary amides is 1. The van der Waals surface area contributed by atoms with Crippen molar-refractivity contribution in [2.45, 2.75) is 31.4 Å². The Labute approximate surface area is 118 Å². The molecule has 1 aromatic carbocycles. The first kappa shape index (κ1) is 16.1. The van der Waals surface area contributed by atoms with E-state index >= 15 is 0 Å². The minimum Gasteiger partial charge on any atom is -0.459 e.